The molecule has 100 valence electrons. The molecular formula is C12H15ClO5. The quantitative estimate of drug-likeness (QED) is 0.894. The molecule has 1 atom stereocenters. The number of aliphatic carboxylic acids is 1. The lowest BCUT2D eigenvalue weighted by atomic mass is 9.99. The molecular weight excluding hydrogens is 260 g/mol. The highest BCUT2D eigenvalue weighted by molar-refractivity contribution is 6.34. The zero-order valence-electron chi connectivity index (χ0n) is 10.6. The number of hydrogen-bond acceptors (Lipinski definition) is 4. The molecule has 0 spiro atoms. The third-order valence-electron chi connectivity index (χ3n) is 2.64. The van der Waals surface area contributed by atoms with Crippen molar-refractivity contribution in [2.24, 2.45) is 0 Å². The number of carboxylic acid groups (broad SMARTS) is 1. The Morgan fingerprint density at radius 1 is 1.22 bits per heavy atom. The van der Waals surface area contributed by atoms with E-state index in [-0.39, 0.29) is 10.8 Å². The first kappa shape index (κ1) is 14.4. The summed E-state index contributed by atoms with van der Waals surface area (Å²) in [7, 11) is 4.32. The van der Waals surface area contributed by atoms with Gasteiger partial charge >= 0.3 is 5.97 Å². The fourth-order valence-electron chi connectivity index (χ4n) is 1.61. The molecule has 0 aliphatic carbocycles. The lowest BCUT2D eigenvalue weighted by Crippen LogP contribution is -2.10. The molecule has 1 aromatic carbocycles. The third-order valence-corrected chi connectivity index (χ3v) is 2.98. The van der Waals surface area contributed by atoms with Crippen molar-refractivity contribution < 1.29 is 24.1 Å². The van der Waals surface area contributed by atoms with Crippen molar-refractivity contribution in [3.63, 3.8) is 0 Å². The fraction of sp³-hybridized carbons (Fsp3) is 0.417. The lowest BCUT2D eigenvalue weighted by molar-refractivity contribution is -0.138. The predicted octanol–water partition coefficient (Wildman–Crippen LogP) is 2.55. The first-order valence-electron chi connectivity index (χ1n) is 5.19. The van der Waals surface area contributed by atoms with Crippen LogP contribution >= 0.6 is 11.6 Å². The van der Waals surface area contributed by atoms with E-state index in [1.807, 2.05) is 0 Å². The Morgan fingerprint density at radius 2 is 1.78 bits per heavy atom. The maximum atomic E-state index is 11.1. The molecule has 18 heavy (non-hydrogen) atoms. The number of methoxy groups -OCH3 is 3. The van der Waals surface area contributed by atoms with Gasteiger partial charge in [0, 0.05) is 5.56 Å². The molecule has 1 rings (SSSR count). The Morgan fingerprint density at radius 3 is 2.17 bits per heavy atom. The van der Waals surface area contributed by atoms with Crippen LogP contribution in [-0.2, 0) is 4.79 Å². The van der Waals surface area contributed by atoms with Crippen molar-refractivity contribution in [3.05, 3.63) is 16.7 Å². The van der Waals surface area contributed by atoms with E-state index in [2.05, 4.69) is 0 Å². The van der Waals surface area contributed by atoms with Crippen LogP contribution in [0.5, 0.6) is 17.2 Å². The number of ether oxygens (including phenoxy) is 3. The zero-order valence-corrected chi connectivity index (χ0v) is 11.4. The van der Waals surface area contributed by atoms with Gasteiger partial charge in [-0.3, -0.25) is 4.79 Å². The zero-order chi connectivity index (χ0) is 13.9. The second-order valence-corrected chi connectivity index (χ2v) is 3.99. The summed E-state index contributed by atoms with van der Waals surface area (Å²) in [4.78, 5) is 11.1. The highest BCUT2D eigenvalue weighted by Gasteiger charge is 2.25. The molecule has 0 aliphatic heterocycles. The van der Waals surface area contributed by atoms with Crippen LogP contribution in [-0.4, -0.2) is 32.4 Å². The number of rotatable bonds is 5. The first-order valence-corrected chi connectivity index (χ1v) is 5.56. The summed E-state index contributed by atoms with van der Waals surface area (Å²) in [6, 6.07) is 1.56. The molecule has 0 saturated carbocycles. The number of benzene rings is 1. The van der Waals surface area contributed by atoms with Gasteiger partial charge in [0.15, 0.2) is 11.5 Å². The van der Waals surface area contributed by atoms with E-state index < -0.39 is 11.9 Å². The summed E-state index contributed by atoms with van der Waals surface area (Å²) in [6.07, 6.45) is 0. The molecule has 0 amide bonds. The summed E-state index contributed by atoms with van der Waals surface area (Å²) in [5, 5.41) is 9.26. The molecule has 6 heteroatoms. The molecule has 0 aliphatic rings. The van der Waals surface area contributed by atoms with E-state index >= 15 is 0 Å². The smallest absolute Gasteiger partial charge is 0.310 e. The van der Waals surface area contributed by atoms with Crippen molar-refractivity contribution in [1.29, 1.82) is 0 Å². The SMILES string of the molecule is COc1cc(C(C)C(=O)O)c(OC)c(Cl)c1OC. The van der Waals surface area contributed by atoms with Crippen molar-refractivity contribution in [2.75, 3.05) is 21.3 Å². The summed E-state index contributed by atoms with van der Waals surface area (Å²) < 4.78 is 15.4. The van der Waals surface area contributed by atoms with Crippen LogP contribution in [0.2, 0.25) is 5.02 Å². The number of carboxylic acids is 1. The van der Waals surface area contributed by atoms with Gasteiger partial charge in [0.25, 0.3) is 0 Å². The van der Waals surface area contributed by atoms with Gasteiger partial charge < -0.3 is 19.3 Å². The Kier molecular flexibility index (Phi) is 4.67. The van der Waals surface area contributed by atoms with E-state index in [0.29, 0.717) is 17.1 Å². The summed E-state index contributed by atoms with van der Waals surface area (Å²) in [5.74, 6) is -0.776. The van der Waals surface area contributed by atoms with E-state index in [4.69, 9.17) is 30.9 Å². The van der Waals surface area contributed by atoms with Gasteiger partial charge in [0.1, 0.15) is 10.8 Å². The van der Waals surface area contributed by atoms with Crippen LogP contribution < -0.4 is 14.2 Å². The lowest BCUT2D eigenvalue weighted by Gasteiger charge is -2.18. The van der Waals surface area contributed by atoms with E-state index in [9.17, 15) is 4.79 Å². The monoisotopic (exact) mass is 274 g/mol. The van der Waals surface area contributed by atoms with Crippen LogP contribution in [0, 0.1) is 0 Å². The molecule has 0 saturated heterocycles. The minimum absolute atomic E-state index is 0.197. The average Bonchev–Trinajstić information content (AvgIpc) is 2.36. The van der Waals surface area contributed by atoms with Gasteiger partial charge in [-0.1, -0.05) is 11.6 Å². The van der Waals surface area contributed by atoms with Gasteiger partial charge in [-0.15, -0.1) is 0 Å². The molecule has 0 fully saturated rings. The van der Waals surface area contributed by atoms with Crippen molar-refractivity contribution in [1.82, 2.24) is 0 Å². The van der Waals surface area contributed by atoms with Crippen LogP contribution in [0.3, 0.4) is 0 Å². The maximum absolute atomic E-state index is 11.1. The van der Waals surface area contributed by atoms with E-state index in [1.54, 1.807) is 13.0 Å². The average molecular weight is 275 g/mol. The highest BCUT2D eigenvalue weighted by Crippen LogP contribution is 2.46. The predicted molar refractivity (Wildman–Crippen MR) is 67.2 cm³/mol. The van der Waals surface area contributed by atoms with Crippen molar-refractivity contribution in [3.8, 4) is 17.2 Å². The molecule has 1 unspecified atom stereocenters. The van der Waals surface area contributed by atoms with Gasteiger partial charge in [-0.25, -0.2) is 0 Å². The van der Waals surface area contributed by atoms with Gasteiger partial charge in [0.2, 0.25) is 0 Å². The molecule has 1 aromatic rings. The van der Waals surface area contributed by atoms with Crippen LogP contribution in [0.4, 0.5) is 0 Å². The molecule has 0 heterocycles. The number of hydrogen-bond donors (Lipinski definition) is 1. The highest BCUT2D eigenvalue weighted by atomic mass is 35.5. The van der Waals surface area contributed by atoms with E-state index in [1.165, 1.54) is 21.3 Å². The largest absolute Gasteiger partial charge is 0.495 e. The summed E-state index contributed by atoms with van der Waals surface area (Å²) >= 11 is 6.12. The normalized spacial score (nSPS) is 11.8. The summed E-state index contributed by atoms with van der Waals surface area (Å²) in [5.41, 5.74) is 0.438. The van der Waals surface area contributed by atoms with Crippen LogP contribution in [0.25, 0.3) is 0 Å². The molecule has 1 N–H and O–H groups in total. The minimum Gasteiger partial charge on any atom is -0.495 e. The Balaban J connectivity index is 3.51. The van der Waals surface area contributed by atoms with Gasteiger partial charge in [-0.2, -0.15) is 0 Å². The minimum atomic E-state index is -0.975. The van der Waals surface area contributed by atoms with E-state index in [0.717, 1.165) is 0 Å². The fourth-order valence-corrected chi connectivity index (χ4v) is 1.97. The second kappa shape index (κ2) is 5.82. The summed E-state index contributed by atoms with van der Waals surface area (Å²) in [6.45, 7) is 1.54. The standard InChI is InChI=1S/C12H15ClO5/c1-6(12(14)15)7-5-8(16-2)11(18-4)9(13)10(7)17-3/h5-6H,1-4H3,(H,14,15). The Labute approximate surface area is 110 Å². The molecule has 0 bridgehead atoms. The molecule has 0 aromatic heterocycles. The Bertz CT molecular complexity index is 458. The van der Waals surface area contributed by atoms with Crippen LogP contribution in [0.1, 0.15) is 18.4 Å². The second-order valence-electron chi connectivity index (χ2n) is 3.61. The number of halogens is 1. The van der Waals surface area contributed by atoms with Crippen LogP contribution in [0.15, 0.2) is 6.07 Å². The number of carbonyl (C=O) groups is 1. The topological polar surface area (TPSA) is 65.0 Å². The third kappa shape index (κ3) is 2.46. The maximum Gasteiger partial charge on any atom is 0.310 e. The van der Waals surface area contributed by atoms with Gasteiger partial charge in [-0.05, 0) is 13.0 Å². The van der Waals surface area contributed by atoms with Gasteiger partial charge in [0.05, 0.1) is 27.2 Å². The molecule has 0 radical (unpaired) electrons. The molecule has 5 nitrogen and oxygen atoms in total. The first-order chi connectivity index (χ1) is 8.47. The van der Waals surface area contributed by atoms with Crippen molar-refractivity contribution >= 4 is 17.6 Å². The Hall–Kier alpha value is -1.62. The van der Waals surface area contributed by atoms with Crippen molar-refractivity contribution in [2.45, 2.75) is 12.8 Å².